The predicted octanol–water partition coefficient (Wildman–Crippen LogP) is -0.0140. The van der Waals surface area contributed by atoms with Gasteiger partial charge in [0.2, 0.25) is 0 Å². The molecule has 1 atom stereocenters. The van der Waals surface area contributed by atoms with Gasteiger partial charge in [-0.2, -0.15) is 18.3 Å². The summed E-state index contributed by atoms with van der Waals surface area (Å²) >= 11 is 0. The number of alkyl halides is 3. The zero-order valence-corrected chi connectivity index (χ0v) is 11.7. The standard InChI is InChI=1S/C12H18F3N5O/c1-19-9(2-3-18-19)11(21)17-8-10(12(13,14)15)20-6-4-16-5-7-20/h2-3,10,16H,4-8H2,1H3,(H,17,21). The highest BCUT2D eigenvalue weighted by atomic mass is 19.4. The monoisotopic (exact) mass is 305 g/mol. The highest BCUT2D eigenvalue weighted by molar-refractivity contribution is 5.92. The molecule has 0 aliphatic carbocycles. The van der Waals surface area contributed by atoms with Crippen LogP contribution in [0, 0.1) is 0 Å². The zero-order valence-electron chi connectivity index (χ0n) is 11.7. The van der Waals surface area contributed by atoms with Gasteiger partial charge >= 0.3 is 6.18 Å². The molecule has 0 spiro atoms. The smallest absolute Gasteiger partial charge is 0.349 e. The van der Waals surface area contributed by atoms with E-state index in [9.17, 15) is 18.0 Å². The lowest BCUT2D eigenvalue weighted by Gasteiger charge is -2.35. The van der Waals surface area contributed by atoms with Crippen molar-refractivity contribution >= 4 is 5.91 Å². The predicted molar refractivity (Wildman–Crippen MR) is 69.8 cm³/mol. The molecule has 0 saturated carbocycles. The lowest BCUT2D eigenvalue weighted by atomic mass is 10.2. The molecule has 2 heterocycles. The summed E-state index contributed by atoms with van der Waals surface area (Å²) in [6, 6.07) is -0.209. The number of hydrogen-bond donors (Lipinski definition) is 2. The van der Waals surface area contributed by atoms with Crippen molar-refractivity contribution in [3.63, 3.8) is 0 Å². The number of piperazine rings is 1. The van der Waals surface area contributed by atoms with E-state index in [0.29, 0.717) is 26.2 Å². The van der Waals surface area contributed by atoms with Gasteiger partial charge in [0.25, 0.3) is 5.91 Å². The molecule has 6 nitrogen and oxygen atoms in total. The molecule has 1 aliphatic heterocycles. The summed E-state index contributed by atoms with van der Waals surface area (Å²) < 4.78 is 40.8. The van der Waals surface area contributed by atoms with Gasteiger partial charge in [0.15, 0.2) is 0 Å². The van der Waals surface area contributed by atoms with E-state index < -0.39 is 24.7 Å². The molecule has 1 amide bonds. The molecule has 1 saturated heterocycles. The maximum absolute atomic E-state index is 13.1. The number of nitrogens with zero attached hydrogens (tertiary/aromatic N) is 3. The molecule has 21 heavy (non-hydrogen) atoms. The first-order valence-corrected chi connectivity index (χ1v) is 6.67. The van der Waals surface area contributed by atoms with E-state index in [0.717, 1.165) is 0 Å². The third-order valence-electron chi connectivity index (χ3n) is 3.48. The van der Waals surface area contributed by atoms with Gasteiger partial charge in [-0.3, -0.25) is 14.4 Å². The van der Waals surface area contributed by atoms with Crippen LogP contribution in [0.15, 0.2) is 12.3 Å². The fraction of sp³-hybridized carbons (Fsp3) is 0.667. The van der Waals surface area contributed by atoms with E-state index in [-0.39, 0.29) is 5.69 Å². The summed E-state index contributed by atoms with van der Waals surface area (Å²) in [4.78, 5) is 13.2. The lowest BCUT2D eigenvalue weighted by Crippen LogP contribution is -2.57. The van der Waals surface area contributed by atoms with Crippen LogP contribution < -0.4 is 10.6 Å². The second-order valence-electron chi connectivity index (χ2n) is 4.89. The van der Waals surface area contributed by atoms with Crippen LogP contribution in [0.25, 0.3) is 0 Å². The maximum Gasteiger partial charge on any atom is 0.405 e. The van der Waals surface area contributed by atoms with Gasteiger partial charge in [-0.1, -0.05) is 0 Å². The number of aryl methyl sites for hydroxylation is 1. The summed E-state index contributed by atoms with van der Waals surface area (Å²) in [5.74, 6) is -0.556. The third kappa shape index (κ3) is 3.94. The Morgan fingerprint density at radius 1 is 1.48 bits per heavy atom. The van der Waals surface area contributed by atoms with Crippen molar-refractivity contribution in [2.24, 2.45) is 7.05 Å². The highest BCUT2D eigenvalue weighted by Gasteiger charge is 2.43. The summed E-state index contributed by atoms with van der Waals surface area (Å²) in [6.07, 6.45) is -2.95. The first-order valence-electron chi connectivity index (χ1n) is 6.67. The summed E-state index contributed by atoms with van der Waals surface area (Å²) in [6.45, 7) is 1.19. The molecule has 0 radical (unpaired) electrons. The molecule has 1 aliphatic rings. The molecule has 2 N–H and O–H groups in total. The molecule has 1 unspecified atom stereocenters. The number of rotatable bonds is 4. The molecule has 1 aromatic rings. The minimum absolute atomic E-state index is 0.233. The normalized spacial score (nSPS) is 18.5. The average molecular weight is 305 g/mol. The molecule has 0 aromatic carbocycles. The molecule has 1 aromatic heterocycles. The van der Waals surface area contributed by atoms with Crippen molar-refractivity contribution in [3.05, 3.63) is 18.0 Å². The van der Waals surface area contributed by atoms with Crippen molar-refractivity contribution in [2.45, 2.75) is 12.2 Å². The Morgan fingerprint density at radius 3 is 2.67 bits per heavy atom. The molecular weight excluding hydrogens is 287 g/mol. The van der Waals surface area contributed by atoms with Gasteiger partial charge in [0.05, 0.1) is 0 Å². The number of carbonyl (C=O) groups excluding carboxylic acids is 1. The van der Waals surface area contributed by atoms with Crippen LogP contribution in [-0.2, 0) is 7.05 Å². The number of hydrogen-bond acceptors (Lipinski definition) is 4. The summed E-state index contributed by atoms with van der Waals surface area (Å²) in [5.41, 5.74) is 0.233. The van der Waals surface area contributed by atoms with E-state index in [2.05, 4.69) is 15.7 Å². The second-order valence-corrected chi connectivity index (χ2v) is 4.89. The Labute approximate surface area is 120 Å². The molecule has 1 fully saturated rings. The Morgan fingerprint density at radius 2 is 2.14 bits per heavy atom. The fourth-order valence-electron chi connectivity index (χ4n) is 2.32. The van der Waals surface area contributed by atoms with Crippen LogP contribution in [0.1, 0.15) is 10.5 Å². The number of halogens is 3. The number of nitrogens with one attached hydrogen (secondary N) is 2. The Balaban J connectivity index is 1.99. The largest absolute Gasteiger partial charge is 0.405 e. The summed E-state index contributed by atoms with van der Waals surface area (Å²) in [5, 5.41) is 9.17. The van der Waals surface area contributed by atoms with Crippen molar-refractivity contribution in [2.75, 3.05) is 32.7 Å². The second kappa shape index (κ2) is 6.44. The van der Waals surface area contributed by atoms with E-state index in [1.54, 1.807) is 7.05 Å². The lowest BCUT2D eigenvalue weighted by molar-refractivity contribution is -0.183. The van der Waals surface area contributed by atoms with Crippen LogP contribution >= 0.6 is 0 Å². The Bertz CT molecular complexity index is 481. The van der Waals surface area contributed by atoms with Crippen LogP contribution in [0.5, 0.6) is 0 Å². The SMILES string of the molecule is Cn1nccc1C(=O)NCC(N1CCNCC1)C(F)(F)F. The van der Waals surface area contributed by atoms with Crippen molar-refractivity contribution in [1.82, 2.24) is 25.3 Å². The quantitative estimate of drug-likeness (QED) is 0.821. The Hall–Kier alpha value is -1.61. The number of carbonyl (C=O) groups is 1. The maximum atomic E-state index is 13.1. The van der Waals surface area contributed by atoms with Gasteiger partial charge in [-0.05, 0) is 6.07 Å². The van der Waals surface area contributed by atoms with Gasteiger partial charge in [-0.15, -0.1) is 0 Å². The molecule has 0 bridgehead atoms. The molecular formula is C12H18F3N5O. The van der Waals surface area contributed by atoms with E-state index >= 15 is 0 Å². The summed E-state index contributed by atoms with van der Waals surface area (Å²) in [7, 11) is 1.56. The zero-order chi connectivity index (χ0) is 15.5. The minimum atomic E-state index is -4.38. The van der Waals surface area contributed by atoms with Crippen LogP contribution in [0.4, 0.5) is 13.2 Å². The first kappa shape index (κ1) is 15.8. The van der Waals surface area contributed by atoms with Gasteiger partial charge in [0.1, 0.15) is 11.7 Å². The van der Waals surface area contributed by atoms with Crippen LogP contribution in [0.2, 0.25) is 0 Å². The Kier molecular flexibility index (Phi) is 4.84. The highest BCUT2D eigenvalue weighted by Crippen LogP contribution is 2.24. The van der Waals surface area contributed by atoms with E-state index in [1.165, 1.54) is 21.8 Å². The van der Waals surface area contributed by atoms with E-state index in [4.69, 9.17) is 0 Å². The molecule has 9 heteroatoms. The fourth-order valence-corrected chi connectivity index (χ4v) is 2.32. The third-order valence-corrected chi connectivity index (χ3v) is 3.48. The van der Waals surface area contributed by atoms with Crippen LogP contribution in [-0.4, -0.2) is 65.5 Å². The number of aromatic nitrogens is 2. The van der Waals surface area contributed by atoms with Crippen molar-refractivity contribution in [1.29, 1.82) is 0 Å². The van der Waals surface area contributed by atoms with E-state index in [1.807, 2.05) is 0 Å². The molecule has 2 rings (SSSR count). The average Bonchev–Trinajstić information content (AvgIpc) is 2.85. The van der Waals surface area contributed by atoms with Gasteiger partial charge in [-0.25, -0.2) is 0 Å². The van der Waals surface area contributed by atoms with Gasteiger partial charge in [0, 0.05) is 46.0 Å². The number of amides is 1. The topological polar surface area (TPSA) is 62.2 Å². The minimum Gasteiger partial charge on any atom is -0.349 e. The van der Waals surface area contributed by atoms with Gasteiger partial charge < -0.3 is 10.6 Å². The van der Waals surface area contributed by atoms with Crippen molar-refractivity contribution < 1.29 is 18.0 Å². The van der Waals surface area contributed by atoms with Crippen molar-refractivity contribution in [3.8, 4) is 0 Å². The first-order chi connectivity index (χ1) is 9.89. The molecule has 118 valence electrons. The van der Waals surface area contributed by atoms with Crippen LogP contribution in [0.3, 0.4) is 0 Å².